The zero-order valence-corrected chi connectivity index (χ0v) is 14.1. The maximum absolute atomic E-state index is 3.77. The van der Waals surface area contributed by atoms with E-state index in [-0.39, 0.29) is 0 Å². The first-order chi connectivity index (χ1) is 9.60. The van der Waals surface area contributed by atoms with Crippen LogP contribution in [0.2, 0.25) is 0 Å². The van der Waals surface area contributed by atoms with Crippen molar-refractivity contribution in [1.29, 1.82) is 0 Å². The molecule has 1 N–H and O–H groups in total. The Bertz CT molecular complexity index is 263. The maximum atomic E-state index is 3.77. The summed E-state index contributed by atoms with van der Waals surface area (Å²) in [6.45, 7) is 9.69. The minimum Gasteiger partial charge on any atom is -0.316 e. The van der Waals surface area contributed by atoms with Crippen LogP contribution in [0, 0.1) is 17.3 Å². The zero-order chi connectivity index (χ0) is 14.4. The molecule has 0 amide bonds. The minimum absolute atomic E-state index is 0.551. The predicted octanol–water partition coefficient (Wildman–Crippen LogP) is 3.91. The van der Waals surface area contributed by atoms with E-state index in [0.29, 0.717) is 5.41 Å². The second-order valence-electron chi connectivity index (χ2n) is 8.08. The summed E-state index contributed by atoms with van der Waals surface area (Å²) in [5.74, 6) is 1.79. The van der Waals surface area contributed by atoms with Gasteiger partial charge in [-0.1, -0.05) is 39.5 Å². The molecule has 0 saturated heterocycles. The van der Waals surface area contributed by atoms with Crippen LogP contribution in [-0.2, 0) is 0 Å². The monoisotopic (exact) mass is 280 g/mol. The van der Waals surface area contributed by atoms with Gasteiger partial charge in [0.15, 0.2) is 0 Å². The third-order valence-electron chi connectivity index (χ3n) is 5.09. The third kappa shape index (κ3) is 5.73. The zero-order valence-electron chi connectivity index (χ0n) is 14.1. The fraction of sp³-hybridized carbons (Fsp3) is 1.00. The Kier molecular flexibility index (Phi) is 6.35. The van der Waals surface area contributed by atoms with E-state index in [1.54, 1.807) is 0 Å². The van der Waals surface area contributed by atoms with Gasteiger partial charge in [-0.25, -0.2) is 0 Å². The second-order valence-corrected chi connectivity index (χ2v) is 8.08. The maximum Gasteiger partial charge on any atom is 0.00472 e. The first-order valence-electron chi connectivity index (χ1n) is 8.99. The van der Waals surface area contributed by atoms with Crippen molar-refractivity contribution in [2.24, 2.45) is 17.3 Å². The lowest BCUT2D eigenvalue weighted by Gasteiger charge is -2.37. The Labute approximate surface area is 126 Å². The molecular formula is C18H36N2. The predicted molar refractivity (Wildman–Crippen MR) is 88.1 cm³/mol. The van der Waals surface area contributed by atoms with Crippen LogP contribution in [0.4, 0.5) is 0 Å². The summed E-state index contributed by atoms with van der Waals surface area (Å²) in [5, 5.41) is 3.77. The molecule has 0 aromatic carbocycles. The van der Waals surface area contributed by atoms with Crippen LogP contribution in [0.25, 0.3) is 0 Å². The summed E-state index contributed by atoms with van der Waals surface area (Å²) in [6.07, 6.45) is 11.6. The molecule has 20 heavy (non-hydrogen) atoms. The fourth-order valence-electron chi connectivity index (χ4n) is 3.87. The van der Waals surface area contributed by atoms with Crippen molar-refractivity contribution < 1.29 is 0 Å². The SMILES string of the molecule is CC(C)CNCC1(CN(C)CC2CC2)CCCCCC1. The number of hydrogen-bond acceptors (Lipinski definition) is 2. The van der Waals surface area contributed by atoms with E-state index in [4.69, 9.17) is 0 Å². The topological polar surface area (TPSA) is 15.3 Å². The summed E-state index contributed by atoms with van der Waals surface area (Å²) in [4.78, 5) is 2.64. The quantitative estimate of drug-likeness (QED) is 0.678. The van der Waals surface area contributed by atoms with E-state index in [0.717, 1.165) is 11.8 Å². The molecular weight excluding hydrogens is 244 g/mol. The van der Waals surface area contributed by atoms with E-state index in [2.05, 4.69) is 31.1 Å². The standard InChI is InChI=1S/C18H36N2/c1-16(2)12-19-14-18(10-6-4-5-7-11-18)15-20(3)13-17-8-9-17/h16-17,19H,4-15H2,1-3H3. The molecule has 0 bridgehead atoms. The smallest absolute Gasteiger partial charge is 0.00472 e. The molecule has 118 valence electrons. The first-order valence-corrected chi connectivity index (χ1v) is 8.99. The molecule has 2 heteroatoms. The highest BCUT2D eigenvalue weighted by Gasteiger charge is 2.33. The highest BCUT2D eigenvalue weighted by atomic mass is 15.1. The van der Waals surface area contributed by atoms with E-state index in [1.165, 1.54) is 77.5 Å². The molecule has 2 aliphatic rings. The van der Waals surface area contributed by atoms with Gasteiger partial charge in [0, 0.05) is 19.6 Å². The average Bonchev–Trinajstić information content (AvgIpc) is 3.17. The van der Waals surface area contributed by atoms with Crippen molar-refractivity contribution in [3.05, 3.63) is 0 Å². The molecule has 2 aliphatic carbocycles. The fourth-order valence-corrected chi connectivity index (χ4v) is 3.87. The van der Waals surface area contributed by atoms with Crippen molar-refractivity contribution in [2.45, 2.75) is 65.2 Å². The van der Waals surface area contributed by atoms with Crippen molar-refractivity contribution in [3.8, 4) is 0 Å². The lowest BCUT2D eigenvalue weighted by Crippen LogP contribution is -2.44. The Hall–Kier alpha value is -0.0800. The average molecular weight is 280 g/mol. The van der Waals surface area contributed by atoms with E-state index in [1.807, 2.05) is 0 Å². The van der Waals surface area contributed by atoms with Crippen molar-refractivity contribution in [1.82, 2.24) is 10.2 Å². The number of hydrogen-bond donors (Lipinski definition) is 1. The van der Waals surface area contributed by atoms with Crippen LogP contribution in [0.3, 0.4) is 0 Å². The molecule has 2 nitrogen and oxygen atoms in total. The Morgan fingerprint density at radius 2 is 1.75 bits per heavy atom. The molecule has 0 radical (unpaired) electrons. The molecule has 0 aliphatic heterocycles. The van der Waals surface area contributed by atoms with Gasteiger partial charge in [-0.15, -0.1) is 0 Å². The third-order valence-corrected chi connectivity index (χ3v) is 5.09. The number of rotatable bonds is 8. The summed E-state index contributed by atoms with van der Waals surface area (Å²) in [5.41, 5.74) is 0.551. The largest absolute Gasteiger partial charge is 0.316 e. The van der Waals surface area contributed by atoms with Gasteiger partial charge < -0.3 is 10.2 Å². The van der Waals surface area contributed by atoms with Crippen LogP contribution in [0.1, 0.15) is 65.2 Å². The lowest BCUT2D eigenvalue weighted by atomic mass is 9.79. The summed E-state index contributed by atoms with van der Waals surface area (Å²) >= 11 is 0. The van der Waals surface area contributed by atoms with Crippen LogP contribution in [-0.4, -0.2) is 38.1 Å². The molecule has 0 aromatic rings. The van der Waals surface area contributed by atoms with Gasteiger partial charge in [-0.3, -0.25) is 0 Å². The highest BCUT2D eigenvalue weighted by molar-refractivity contribution is 4.88. The van der Waals surface area contributed by atoms with Crippen molar-refractivity contribution >= 4 is 0 Å². The molecule has 0 atom stereocenters. The molecule has 2 fully saturated rings. The molecule has 0 unspecified atom stereocenters. The molecule has 0 aromatic heterocycles. The molecule has 2 saturated carbocycles. The van der Waals surface area contributed by atoms with Crippen LogP contribution < -0.4 is 5.32 Å². The molecule has 2 rings (SSSR count). The first kappa shape index (κ1) is 16.3. The number of nitrogens with zero attached hydrogens (tertiary/aromatic N) is 1. The lowest BCUT2D eigenvalue weighted by molar-refractivity contribution is 0.141. The van der Waals surface area contributed by atoms with Crippen molar-refractivity contribution in [3.63, 3.8) is 0 Å². The Balaban J connectivity index is 1.86. The van der Waals surface area contributed by atoms with Gasteiger partial charge in [0.05, 0.1) is 0 Å². The number of nitrogens with one attached hydrogen (secondary N) is 1. The van der Waals surface area contributed by atoms with Gasteiger partial charge in [0.1, 0.15) is 0 Å². The summed E-state index contributed by atoms with van der Waals surface area (Å²) < 4.78 is 0. The molecule has 0 heterocycles. The summed E-state index contributed by atoms with van der Waals surface area (Å²) in [7, 11) is 2.35. The van der Waals surface area contributed by atoms with E-state index >= 15 is 0 Å². The van der Waals surface area contributed by atoms with E-state index < -0.39 is 0 Å². The van der Waals surface area contributed by atoms with E-state index in [9.17, 15) is 0 Å². The Morgan fingerprint density at radius 1 is 1.10 bits per heavy atom. The summed E-state index contributed by atoms with van der Waals surface area (Å²) in [6, 6.07) is 0. The van der Waals surface area contributed by atoms with Crippen LogP contribution in [0.5, 0.6) is 0 Å². The van der Waals surface area contributed by atoms with Gasteiger partial charge in [0.25, 0.3) is 0 Å². The second kappa shape index (κ2) is 7.79. The molecule has 0 spiro atoms. The van der Waals surface area contributed by atoms with Gasteiger partial charge in [-0.2, -0.15) is 0 Å². The normalized spacial score (nSPS) is 23.2. The Morgan fingerprint density at radius 3 is 2.30 bits per heavy atom. The van der Waals surface area contributed by atoms with Crippen molar-refractivity contribution in [2.75, 3.05) is 33.2 Å². The minimum atomic E-state index is 0.551. The highest BCUT2D eigenvalue weighted by Crippen LogP contribution is 2.36. The van der Waals surface area contributed by atoms with Gasteiger partial charge >= 0.3 is 0 Å². The van der Waals surface area contributed by atoms with Crippen LogP contribution >= 0.6 is 0 Å². The van der Waals surface area contributed by atoms with Gasteiger partial charge in [-0.05, 0) is 56.5 Å². The van der Waals surface area contributed by atoms with Crippen LogP contribution in [0.15, 0.2) is 0 Å². The van der Waals surface area contributed by atoms with Gasteiger partial charge in [0.2, 0.25) is 0 Å².